The zero-order valence-electron chi connectivity index (χ0n) is 12.4. The van der Waals surface area contributed by atoms with E-state index < -0.39 is 11.8 Å². The lowest BCUT2D eigenvalue weighted by Crippen LogP contribution is -2.19. The summed E-state index contributed by atoms with van der Waals surface area (Å²) in [5.74, 6) is -1.47. The Bertz CT molecular complexity index is 682. The van der Waals surface area contributed by atoms with Crippen LogP contribution in [0.2, 0.25) is 0 Å². The molecule has 0 spiro atoms. The number of halogens is 1. The van der Waals surface area contributed by atoms with E-state index in [1.165, 1.54) is 23.8 Å². The number of carboxylic acid groups (broad SMARTS) is 1. The number of carbonyl (C=O) groups is 1. The van der Waals surface area contributed by atoms with Crippen molar-refractivity contribution in [3.05, 3.63) is 64.5 Å². The average molecular weight is 287 g/mol. The molecule has 2 rings (SSSR count). The fourth-order valence-electron chi connectivity index (χ4n) is 2.48. The monoisotopic (exact) mass is 287 g/mol. The zero-order valence-corrected chi connectivity index (χ0v) is 12.4. The Morgan fingerprint density at radius 2 is 1.90 bits per heavy atom. The van der Waals surface area contributed by atoms with Gasteiger partial charge in [0.15, 0.2) is 0 Å². The SMILES string of the molecule is Cc1ccc(N(C)Cc2cc(F)ccc2C(=O)O)c(C)c1. The third kappa shape index (κ3) is 3.40. The van der Waals surface area contributed by atoms with Gasteiger partial charge in [0.2, 0.25) is 0 Å². The molecule has 2 aromatic rings. The van der Waals surface area contributed by atoms with Gasteiger partial charge in [0.05, 0.1) is 5.56 Å². The zero-order chi connectivity index (χ0) is 15.6. The van der Waals surface area contributed by atoms with Crippen LogP contribution in [0.25, 0.3) is 0 Å². The topological polar surface area (TPSA) is 40.5 Å². The minimum absolute atomic E-state index is 0.132. The van der Waals surface area contributed by atoms with Crippen LogP contribution in [0.15, 0.2) is 36.4 Å². The number of rotatable bonds is 4. The molecule has 21 heavy (non-hydrogen) atoms. The first-order chi connectivity index (χ1) is 9.88. The molecule has 0 bridgehead atoms. The second-order valence-corrected chi connectivity index (χ2v) is 5.25. The molecule has 0 heterocycles. The van der Waals surface area contributed by atoms with Crippen LogP contribution in [0.3, 0.4) is 0 Å². The van der Waals surface area contributed by atoms with Gasteiger partial charge in [0, 0.05) is 19.3 Å². The van der Waals surface area contributed by atoms with Crippen LogP contribution in [-0.2, 0) is 6.54 Å². The van der Waals surface area contributed by atoms with Gasteiger partial charge in [0.25, 0.3) is 0 Å². The van der Waals surface area contributed by atoms with E-state index in [-0.39, 0.29) is 5.56 Å². The molecule has 2 aromatic carbocycles. The van der Waals surface area contributed by atoms with Crippen molar-refractivity contribution in [2.75, 3.05) is 11.9 Å². The molecular formula is C17H18FNO2. The number of hydrogen-bond acceptors (Lipinski definition) is 2. The van der Waals surface area contributed by atoms with Gasteiger partial charge in [-0.3, -0.25) is 0 Å². The largest absolute Gasteiger partial charge is 0.478 e. The van der Waals surface area contributed by atoms with Crippen LogP contribution in [-0.4, -0.2) is 18.1 Å². The van der Waals surface area contributed by atoms with Crippen molar-refractivity contribution in [1.29, 1.82) is 0 Å². The number of anilines is 1. The lowest BCUT2D eigenvalue weighted by Gasteiger charge is -2.22. The van der Waals surface area contributed by atoms with E-state index in [0.29, 0.717) is 12.1 Å². The quantitative estimate of drug-likeness (QED) is 0.930. The standard InChI is InChI=1S/C17H18FNO2/c1-11-4-7-16(12(2)8-11)19(3)10-13-9-14(18)5-6-15(13)17(20)21/h4-9H,10H2,1-3H3,(H,20,21). The molecule has 4 heteroatoms. The van der Waals surface area contributed by atoms with E-state index in [9.17, 15) is 14.3 Å². The summed E-state index contributed by atoms with van der Waals surface area (Å²) in [6.07, 6.45) is 0. The maximum atomic E-state index is 13.4. The van der Waals surface area contributed by atoms with Crippen LogP contribution in [0.4, 0.5) is 10.1 Å². The number of hydrogen-bond donors (Lipinski definition) is 1. The van der Waals surface area contributed by atoms with Gasteiger partial charge in [-0.1, -0.05) is 17.7 Å². The van der Waals surface area contributed by atoms with E-state index in [4.69, 9.17) is 0 Å². The molecule has 110 valence electrons. The molecule has 0 saturated heterocycles. The number of aryl methyl sites for hydroxylation is 2. The maximum Gasteiger partial charge on any atom is 0.336 e. The predicted octanol–water partition coefficient (Wildman–Crippen LogP) is 3.78. The van der Waals surface area contributed by atoms with Crippen molar-refractivity contribution >= 4 is 11.7 Å². The van der Waals surface area contributed by atoms with E-state index in [2.05, 4.69) is 6.07 Å². The summed E-state index contributed by atoms with van der Waals surface area (Å²) in [6.45, 7) is 4.36. The van der Waals surface area contributed by atoms with Crippen LogP contribution >= 0.6 is 0 Å². The normalized spacial score (nSPS) is 10.5. The molecule has 0 aliphatic rings. The first-order valence-corrected chi connectivity index (χ1v) is 6.68. The number of carboxylic acids is 1. The third-order valence-electron chi connectivity index (χ3n) is 3.47. The van der Waals surface area contributed by atoms with Gasteiger partial charge in [-0.05, 0) is 49.2 Å². The van der Waals surface area contributed by atoms with Gasteiger partial charge >= 0.3 is 5.97 Å². The van der Waals surface area contributed by atoms with E-state index >= 15 is 0 Å². The first-order valence-electron chi connectivity index (χ1n) is 6.68. The Kier molecular flexibility index (Phi) is 4.26. The summed E-state index contributed by atoms with van der Waals surface area (Å²) in [5.41, 5.74) is 3.87. The van der Waals surface area contributed by atoms with Crippen LogP contribution < -0.4 is 4.90 Å². The van der Waals surface area contributed by atoms with Gasteiger partial charge < -0.3 is 10.0 Å². The van der Waals surface area contributed by atoms with Gasteiger partial charge in [-0.25, -0.2) is 9.18 Å². The van der Waals surface area contributed by atoms with Crippen LogP contribution in [0, 0.1) is 19.7 Å². The fraction of sp³-hybridized carbons (Fsp3) is 0.235. The molecule has 0 aliphatic heterocycles. The lowest BCUT2D eigenvalue weighted by atomic mass is 10.1. The molecule has 0 saturated carbocycles. The van der Waals surface area contributed by atoms with Crippen LogP contribution in [0.5, 0.6) is 0 Å². The molecule has 3 nitrogen and oxygen atoms in total. The first kappa shape index (κ1) is 15.0. The highest BCUT2D eigenvalue weighted by Gasteiger charge is 2.14. The summed E-state index contributed by atoms with van der Waals surface area (Å²) in [7, 11) is 1.87. The molecule has 0 amide bonds. The average Bonchev–Trinajstić information content (AvgIpc) is 2.37. The molecule has 0 fully saturated rings. The summed E-state index contributed by atoms with van der Waals surface area (Å²) in [6, 6.07) is 9.82. The second kappa shape index (κ2) is 5.95. The fourth-order valence-corrected chi connectivity index (χ4v) is 2.48. The van der Waals surface area contributed by atoms with Crippen molar-refractivity contribution in [2.24, 2.45) is 0 Å². The van der Waals surface area contributed by atoms with Gasteiger partial charge in [-0.15, -0.1) is 0 Å². The van der Waals surface area contributed by atoms with E-state index in [1.54, 1.807) is 0 Å². The molecule has 0 unspecified atom stereocenters. The van der Waals surface area contributed by atoms with E-state index in [0.717, 1.165) is 11.3 Å². The Labute approximate surface area is 123 Å². The minimum Gasteiger partial charge on any atom is -0.478 e. The lowest BCUT2D eigenvalue weighted by molar-refractivity contribution is 0.0695. The number of aromatic carboxylic acids is 1. The summed E-state index contributed by atoms with van der Waals surface area (Å²) < 4.78 is 13.4. The Morgan fingerprint density at radius 3 is 2.52 bits per heavy atom. The molecule has 0 aromatic heterocycles. The van der Waals surface area contributed by atoms with E-state index in [1.807, 2.05) is 37.9 Å². The smallest absolute Gasteiger partial charge is 0.336 e. The minimum atomic E-state index is -1.04. The van der Waals surface area contributed by atoms with Crippen molar-refractivity contribution in [3.63, 3.8) is 0 Å². The predicted molar refractivity (Wildman–Crippen MR) is 81.4 cm³/mol. The Hall–Kier alpha value is -2.36. The van der Waals surface area contributed by atoms with Crippen molar-refractivity contribution in [3.8, 4) is 0 Å². The third-order valence-corrected chi connectivity index (χ3v) is 3.47. The van der Waals surface area contributed by atoms with Crippen molar-refractivity contribution in [1.82, 2.24) is 0 Å². The highest BCUT2D eigenvalue weighted by molar-refractivity contribution is 5.89. The number of nitrogens with zero attached hydrogens (tertiary/aromatic N) is 1. The molecule has 1 N–H and O–H groups in total. The highest BCUT2D eigenvalue weighted by atomic mass is 19.1. The molecular weight excluding hydrogens is 269 g/mol. The Morgan fingerprint density at radius 1 is 1.19 bits per heavy atom. The second-order valence-electron chi connectivity index (χ2n) is 5.25. The molecule has 0 atom stereocenters. The summed E-state index contributed by atoms with van der Waals surface area (Å²) in [5, 5.41) is 9.19. The maximum absolute atomic E-state index is 13.4. The molecule has 0 aliphatic carbocycles. The highest BCUT2D eigenvalue weighted by Crippen LogP contribution is 2.23. The molecule has 0 radical (unpaired) electrons. The summed E-state index contributed by atoms with van der Waals surface area (Å²) >= 11 is 0. The van der Waals surface area contributed by atoms with Crippen LogP contribution in [0.1, 0.15) is 27.0 Å². The van der Waals surface area contributed by atoms with Gasteiger partial charge in [0.1, 0.15) is 5.82 Å². The summed E-state index contributed by atoms with van der Waals surface area (Å²) in [4.78, 5) is 13.1. The van der Waals surface area contributed by atoms with Crippen molar-refractivity contribution < 1.29 is 14.3 Å². The van der Waals surface area contributed by atoms with Crippen molar-refractivity contribution in [2.45, 2.75) is 20.4 Å². The number of benzene rings is 2. The Balaban J connectivity index is 2.33. The van der Waals surface area contributed by atoms with Gasteiger partial charge in [-0.2, -0.15) is 0 Å².